The van der Waals surface area contributed by atoms with Crippen molar-refractivity contribution in [2.45, 2.75) is 19.9 Å². The van der Waals surface area contributed by atoms with Crippen molar-refractivity contribution in [3.05, 3.63) is 52.2 Å². The van der Waals surface area contributed by atoms with Crippen molar-refractivity contribution in [1.29, 1.82) is 0 Å². The fourth-order valence-corrected chi connectivity index (χ4v) is 2.59. The molecule has 100 valence electrons. The van der Waals surface area contributed by atoms with E-state index in [4.69, 9.17) is 0 Å². The minimum absolute atomic E-state index is 0.00954. The Morgan fingerprint density at radius 2 is 1.84 bits per heavy atom. The van der Waals surface area contributed by atoms with Gasteiger partial charge in [0.25, 0.3) is 0 Å². The van der Waals surface area contributed by atoms with Gasteiger partial charge >= 0.3 is 0 Å². The van der Waals surface area contributed by atoms with Crippen LogP contribution in [0.1, 0.15) is 16.7 Å². The number of hydrogen-bond donors (Lipinski definition) is 2. The van der Waals surface area contributed by atoms with Crippen LogP contribution in [0.15, 0.2) is 42.5 Å². The van der Waals surface area contributed by atoms with Crippen LogP contribution in [0.5, 0.6) is 0 Å². The molecule has 1 aromatic heterocycles. The molecule has 0 saturated heterocycles. The van der Waals surface area contributed by atoms with Gasteiger partial charge in [-0.25, -0.2) is 0 Å². The highest BCUT2D eigenvalue weighted by atomic mass is 32.1. The Morgan fingerprint density at radius 3 is 2.53 bits per heavy atom. The molecule has 1 heterocycles. The van der Waals surface area contributed by atoms with E-state index in [-0.39, 0.29) is 5.91 Å². The first kappa shape index (κ1) is 13.6. The molecule has 0 radical (unpaired) electrons. The normalized spacial score (nSPS) is 10.2. The second kappa shape index (κ2) is 6.95. The molecule has 0 fully saturated rings. The summed E-state index contributed by atoms with van der Waals surface area (Å²) in [7, 11) is 0. The van der Waals surface area contributed by atoms with E-state index in [0.717, 1.165) is 12.1 Å². The minimum Gasteiger partial charge on any atom is -0.376 e. The molecule has 0 aliphatic heterocycles. The number of thiophene rings is 1. The maximum absolute atomic E-state index is 11.7. The van der Waals surface area contributed by atoms with E-state index in [0.29, 0.717) is 13.1 Å². The van der Waals surface area contributed by atoms with Crippen molar-refractivity contribution in [1.82, 2.24) is 5.32 Å². The Bertz CT molecular complexity index is 522. The molecular weight excluding hydrogens is 256 g/mol. The van der Waals surface area contributed by atoms with Crippen LogP contribution >= 0.6 is 11.3 Å². The van der Waals surface area contributed by atoms with Gasteiger partial charge in [-0.05, 0) is 30.7 Å². The average Bonchev–Trinajstić information content (AvgIpc) is 2.92. The average molecular weight is 274 g/mol. The smallest absolute Gasteiger partial charge is 0.239 e. The molecule has 2 aromatic rings. The zero-order chi connectivity index (χ0) is 13.5. The summed E-state index contributed by atoms with van der Waals surface area (Å²) in [6.45, 7) is 3.05. The second-order valence-corrected chi connectivity index (χ2v) is 5.47. The van der Waals surface area contributed by atoms with Gasteiger partial charge in [-0.3, -0.25) is 4.79 Å². The molecule has 0 atom stereocenters. The lowest BCUT2D eigenvalue weighted by molar-refractivity contribution is -0.119. The van der Waals surface area contributed by atoms with Crippen molar-refractivity contribution >= 4 is 22.9 Å². The molecule has 1 aromatic carbocycles. The fourth-order valence-electron chi connectivity index (χ4n) is 1.69. The minimum atomic E-state index is 0.00954. The first-order valence-electron chi connectivity index (χ1n) is 6.41. The number of para-hydroxylation sites is 1. The molecule has 0 saturated carbocycles. The monoisotopic (exact) mass is 274 g/mol. The first-order chi connectivity index (χ1) is 9.28. The number of aryl methyl sites for hydroxylation is 1. The maximum Gasteiger partial charge on any atom is 0.239 e. The molecule has 1 amide bonds. The summed E-state index contributed by atoms with van der Waals surface area (Å²) in [4.78, 5) is 14.2. The van der Waals surface area contributed by atoms with Crippen molar-refractivity contribution in [2.24, 2.45) is 0 Å². The number of carbonyl (C=O) groups is 1. The van der Waals surface area contributed by atoms with Crippen LogP contribution in [0.25, 0.3) is 0 Å². The van der Waals surface area contributed by atoms with Gasteiger partial charge in [0.1, 0.15) is 0 Å². The third-order valence-electron chi connectivity index (χ3n) is 2.75. The van der Waals surface area contributed by atoms with Crippen LogP contribution in [0.2, 0.25) is 0 Å². The van der Waals surface area contributed by atoms with Crippen molar-refractivity contribution in [3.63, 3.8) is 0 Å². The van der Waals surface area contributed by atoms with Crippen LogP contribution in [-0.4, -0.2) is 12.5 Å². The topological polar surface area (TPSA) is 41.1 Å². The number of rotatable bonds is 6. The van der Waals surface area contributed by atoms with E-state index >= 15 is 0 Å². The Morgan fingerprint density at radius 1 is 1.11 bits per heavy atom. The number of amides is 1. The van der Waals surface area contributed by atoms with Gasteiger partial charge < -0.3 is 10.6 Å². The van der Waals surface area contributed by atoms with Gasteiger partial charge in [-0.15, -0.1) is 11.3 Å². The fraction of sp³-hybridized carbons (Fsp3) is 0.267. The van der Waals surface area contributed by atoms with Crippen LogP contribution in [0, 0.1) is 0 Å². The van der Waals surface area contributed by atoms with Crippen molar-refractivity contribution < 1.29 is 4.79 Å². The molecule has 0 aliphatic carbocycles. The van der Waals surface area contributed by atoms with E-state index in [1.807, 2.05) is 30.3 Å². The molecule has 0 bridgehead atoms. The van der Waals surface area contributed by atoms with E-state index in [9.17, 15) is 4.79 Å². The van der Waals surface area contributed by atoms with Crippen LogP contribution in [-0.2, 0) is 17.8 Å². The Labute approximate surface area is 117 Å². The van der Waals surface area contributed by atoms with Crippen LogP contribution < -0.4 is 10.6 Å². The highest BCUT2D eigenvalue weighted by Gasteiger charge is 2.03. The number of nitrogens with one attached hydrogen (secondary N) is 2. The van der Waals surface area contributed by atoms with Crippen LogP contribution in [0.3, 0.4) is 0 Å². The van der Waals surface area contributed by atoms with E-state index in [1.54, 1.807) is 11.3 Å². The molecule has 0 aliphatic rings. The van der Waals surface area contributed by atoms with Crippen LogP contribution in [0.4, 0.5) is 5.69 Å². The highest BCUT2D eigenvalue weighted by molar-refractivity contribution is 7.11. The van der Waals surface area contributed by atoms with Gasteiger partial charge in [0.2, 0.25) is 5.91 Å². The number of benzene rings is 1. The van der Waals surface area contributed by atoms with E-state index in [2.05, 4.69) is 29.7 Å². The Kier molecular flexibility index (Phi) is 4.98. The maximum atomic E-state index is 11.7. The molecule has 3 nitrogen and oxygen atoms in total. The molecule has 0 unspecified atom stereocenters. The summed E-state index contributed by atoms with van der Waals surface area (Å²) in [5, 5.41) is 6.00. The first-order valence-corrected chi connectivity index (χ1v) is 7.23. The highest BCUT2D eigenvalue weighted by Crippen LogP contribution is 2.16. The number of anilines is 1. The molecule has 2 rings (SSSR count). The lowest BCUT2D eigenvalue weighted by Gasteiger charge is -2.06. The van der Waals surface area contributed by atoms with Gasteiger partial charge in [0.15, 0.2) is 0 Å². The lowest BCUT2D eigenvalue weighted by Crippen LogP contribution is -2.29. The van der Waals surface area contributed by atoms with Crippen molar-refractivity contribution in [3.8, 4) is 0 Å². The predicted octanol–water partition coefficient (Wildman–Crippen LogP) is 3.04. The van der Waals surface area contributed by atoms with Gasteiger partial charge in [0, 0.05) is 15.4 Å². The zero-order valence-corrected chi connectivity index (χ0v) is 11.8. The molecule has 4 heteroatoms. The van der Waals surface area contributed by atoms with E-state index < -0.39 is 0 Å². The van der Waals surface area contributed by atoms with Gasteiger partial charge in [-0.2, -0.15) is 0 Å². The third-order valence-corrected chi connectivity index (χ3v) is 3.98. The molecule has 2 N–H and O–H groups in total. The largest absolute Gasteiger partial charge is 0.376 e. The second-order valence-electron chi connectivity index (χ2n) is 4.22. The summed E-state index contributed by atoms with van der Waals surface area (Å²) in [5.74, 6) is 0.00954. The Balaban J connectivity index is 1.73. The van der Waals surface area contributed by atoms with E-state index in [1.165, 1.54) is 9.75 Å². The molecule has 19 heavy (non-hydrogen) atoms. The summed E-state index contributed by atoms with van der Waals surface area (Å²) in [5.41, 5.74) is 0.960. The quantitative estimate of drug-likeness (QED) is 0.850. The van der Waals surface area contributed by atoms with Crippen molar-refractivity contribution in [2.75, 3.05) is 11.9 Å². The third kappa shape index (κ3) is 4.41. The lowest BCUT2D eigenvalue weighted by atomic mass is 10.3. The summed E-state index contributed by atoms with van der Waals surface area (Å²) in [6.07, 6.45) is 1.05. The summed E-state index contributed by atoms with van der Waals surface area (Å²) < 4.78 is 0. The number of hydrogen-bond acceptors (Lipinski definition) is 3. The molecular formula is C15H18N2OS. The predicted molar refractivity (Wildman–Crippen MR) is 80.5 cm³/mol. The zero-order valence-electron chi connectivity index (χ0n) is 11.0. The van der Waals surface area contributed by atoms with Gasteiger partial charge in [0.05, 0.1) is 13.1 Å². The number of carbonyl (C=O) groups excluding carboxylic acids is 1. The SMILES string of the molecule is CCc1ccc(CNC(=O)CNc2ccccc2)s1. The summed E-state index contributed by atoms with van der Waals surface area (Å²) in [6, 6.07) is 13.9. The molecule has 0 spiro atoms. The Hall–Kier alpha value is -1.81. The summed E-state index contributed by atoms with van der Waals surface area (Å²) >= 11 is 1.75. The van der Waals surface area contributed by atoms with Gasteiger partial charge in [-0.1, -0.05) is 25.1 Å². The standard InChI is InChI=1S/C15H18N2OS/c1-2-13-8-9-14(19-13)10-17-15(18)11-16-12-6-4-3-5-7-12/h3-9,16H,2,10-11H2,1H3,(H,17,18).